The Bertz CT molecular complexity index is 905. The lowest BCUT2D eigenvalue weighted by atomic mass is 9.49. The number of nitrogens with zero attached hydrogens (tertiary/aromatic N) is 1. The van der Waals surface area contributed by atoms with Crippen molar-refractivity contribution in [2.45, 2.75) is 38.5 Å². The Kier molecular flexibility index (Phi) is 4.87. The van der Waals surface area contributed by atoms with E-state index in [9.17, 15) is 9.59 Å². The van der Waals surface area contributed by atoms with Crippen molar-refractivity contribution < 1.29 is 9.59 Å². The number of anilines is 1. The average molecular weight is 430 g/mol. The minimum absolute atomic E-state index is 0.00353. The molecular formula is C22H24ClN3O2S. The highest BCUT2D eigenvalue weighted by Crippen LogP contribution is 2.60. The van der Waals surface area contributed by atoms with Gasteiger partial charge in [-0.3, -0.25) is 9.59 Å². The first kappa shape index (κ1) is 19.1. The van der Waals surface area contributed by atoms with Gasteiger partial charge in [0.15, 0.2) is 5.13 Å². The Hall–Kier alpha value is -1.92. The molecule has 6 rings (SSSR count). The second-order valence-electron chi connectivity index (χ2n) is 8.97. The number of hydrogen-bond acceptors (Lipinski definition) is 4. The number of rotatable bonds is 5. The number of halogens is 1. The van der Waals surface area contributed by atoms with Gasteiger partial charge in [0.05, 0.1) is 12.2 Å². The molecule has 2 amide bonds. The molecule has 0 aliphatic heterocycles. The lowest BCUT2D eigenvalue weighted by molar-refractivity contribution is -0.146. The predicted octanol–water partition coefficient (Wildman–Crippen LogP) is 4.73. The van der Waals surface area contributed by atoms with Gasteiger partial charge in [-0.05, 0) is 68.4 Å². The number of aromatic nitrogens is 1. The fourth-order valence-corrected chi connectivity index (χ4v) is 6.85. The van der Waals surface area contributed by atoms with E-state index in [0.717, 1.165) is 30.5 Å². The van der Waals surface area contributed by atoms with E-state index in [0.29, 0.717) is 27.9 Å². The smallest absolute Gasteiger partial charge is 0.245 e. The number of hydrogen-bond donors (Lipinski definition) is 2. The normalized spacial score (nSPS) is 29.6. The van der Waals surface area contributed by atoms with Crippen LogP contribution in [0.25, 0.3) is 11.3 Å². The zero-order valence-corrected chi connectivity index (χ0v) is 17.7. The first-order valence-electron chi connectivity index (χ1n) is 10.3. The molecular weight excluding hydrogens is 406 g/mol. The summed E-state index contributed by atoms with van der Waals surface area (Å²) in [6.07, 6.45) is 6.91. The van der Waals surface area contributed by atoms with E-state index in [2.05, 4.69) is 15.6 Å². The van der Waals surface area contributed by atoms with Gasteiger partial charge < -0.3 is 10.6 Å². The number of carbonyl (C=O) groups is 2. The van der Waals surface area contributed by atoms with Crippen LogP contribution >= 0.6 is 22.9 Å². The summed E-state index contributed by atoms with van der Waals surface area (Å²) in [5.74, 6) is 1.97. The number of benzene rings is 1. The van der Waals surface area contributed by atoms with Crippen LogP contribution in [0.1, 0.15) is 38.5 Å². The number of amides is 2. The molecule has 4 aliphatic rings. The summed E-state index contributed by atoms with van der Waals surface area (Å²) in [5, 5.41) is 8.82. The fraction of sp³-hybridized carbons (Fsp3) is 0.500. The summed E-state index contributed by atoms with van der Waals surface area (Å²) in [4.78, 5) is 29.8. The molecule has 0 spiro atoms. The molecule has 2 N–H and O–H groups in total. The molecule has 4 fully saturated rings. The third-order valence-electron chi connectivity index (χ3n) is 6.82. The van der Waals surface area contributed by atoms with Gasteiger partial charge in [-0.1, -0.05) is 23.7 Å². The van der Waals surface area contributed by atoms with Crippen LogP contribution in [0.15, 0.2) is 29.6 Å². The number of thiazole rings is 1. The molecule has 5 nitrogen and oxygen atoms in total. The van der Waals surface area contributed by atoms with Gasteiger partial charge in [0, 0.05) is 21.4 Å². The minimum Gasteiger partial charge on any atom is -0.347 e. The van der Waals surface area contributed by atoms with Crippen molar-refractivity contribution >= 4 is 39.9 Å². The summed E-state index contributed by atoms with van der Waals surface area (Å²) < 4.78 is 0. The largest absolute Gasteiger partial charge is 0.347 e. The van der Waals surface area contributed by atoms with E-state index < -0.39 is 0 Å². The molecule has 2 aromatic rings. The highest BCUT2D eigenvalue weighted by atomic mass is 35.5. The van der Waals surface area contributed by atoms with Crippen molar-refractivity contribution in [3.63, 3.8) is 0 Å². The maximum atomic E-state index is 13.0. The van der Waals surface area contributed by atoms with Crippen LogP contribution < -0.4 is 10.6 Å². The molecule has 0 atom stereocenters. The lowest BCUT2D eigenvalue weighted by Gasteiger charge is -2.55. The third kappa shape index (κ3) is 3.80. The summed E-state index contributed by atoms with van der Waals surface area (Å²) >= 11 is 7.29. The summed E-state index contributed by atoms with van der Waals surface area (Å²) in [7, 11) is 0. The van der Waals surface area contributed by atoms with Crippen molar-refractivity contribution in [3.8, 4) is 11.3 Å². The Morgan fingerprint density at radius 2 is 1.69 bits per heavy atom. The molecule has 1 heterocycles. The van der Waals surface area contributed by atoms with Gasteiger partial charge >= 0.3 is 0 Å². The maximum absolute atomic E-state index is 13.0. The highest BCUT2D eigenvalue weighted by molar-refractivity contribution is 7.14. The molecule has 0 saturated heterocycles. The van der Waals surface area contributed by atoms with Gasteiger partial charge in [-0.15, -0.1) is 11.3 Å². The van der Waals surface area contributed by atoms with Crippen molar-refractivity contribution in [2.24, 2.45) is 23.2 Å². The van der Waals surface area contributed by atoms with E-state index >= 15 is 0 Å². The van der Waals surface area contributed by atoms with Gasteiger partial charge in [0.1, 0.15) is 0 Å². The summed E-state index contributed by atoms with van der Waals surface area (Å²) in [5.41, 5.74) is 1.51. The Labute approximate surface area is 179 Å². The quantitative estimate of drug-likeness (QED) is 0.721. The van der Waals surface area contributed by atoms with Crippen molar-refractivity contribution in [2.75, 3.05) is 11.9 Å². The molecule has 4 saturated carbocycles. The zero-order valence-electron chi connectivity index (χ0n) is 16.1. The number of nitrogens with one attached hydrogen (secondary N) is 2. The second kappa shape index (κ2) is 7.40. The molecule has 7 heteroatoms. The van der Waals surface area contributed by atoms with Crippen LogP contribution in [0.2, 0.25) is 5.02 Å². The van der Waals surface area contributed by atoms with E-state index in [1.165, 1.54) is 30.6 Å². The predicted molar refractivity (Wildman–Crippen MR) is 115 cm³/mol. The van der Waals surface area contributed by atoms with E-state index in [1.807, 2.05) is 29.6 Å². The minimum atomic E-state index is -0.236. The van der Waals surface area contributed by atoms with Crippen molar-refractivity contribution in [1.29, 1.82) is 0 Å². The van der Waals surface area contributed by atoms with Gasteiger partial charge in [0.2, 0.25) is 11.8 Å². The molecule has 0 unspecified atom stereocenters. The SMILES string of the molecule is O=C(CNC(=O)C12CC3CC(CC(C3)C1)C2)Nc1nc(-c2ccc(Cl)cc2)cs1. The summed E-state index contributed by atoms with van der Waals surface area (Å²) in [6.45, 7) is -0.00353. The van der Waals surface area contributed by atoms with E-state index in [1.54, 1.807) is 0 Å². The van der Waals surface area contributed by atoms with Crippen LogP contribution in [-0.4, -0.2) is 23.3 Å². The molecule has 29 heavy (non-hydrogen) atoms. The lowest BCUT2D eigenvalue weighted by Crippen LogP contribution is -2.54. The average Bonchev–Trinajstić information content (AvgIpc) is 3.14. The van der Waals surface area contributed by atoms with Gasteiger partial charge in [-0.2, -0.15) is 0 Å². The number of carbonyl (C=O) groups excluding carboxylic acids is 2. The third-order valence-corrected chi connectivity index (χ3v) is 7.83. The van der Waals surface area contributed by atoms with Crippen LogP contribution in [0, 0.1) is 23.2 Å². The van der Waals surface area contributed by atoms with Crippen LogP contribution in [0.3, 0.4) is 0 Å². The van der Waals surface area contributed by atoms with Gasteiger partial charge in [-0.25, -0.2) is 4.98 Å². The first-order chi connectivity index (χ1) is 14.0. The standard InChI is InChI=1S/C22H24ClN3O2S/c23-17-3-1-16(2-4-17)18-12-29-21(25-18)26-19(27)11-24-20(28)22-8-13-5-14(9-22)7-15(6-13)10-22/h1-4,12-15H,5-11H2,(H,24,28)(H,25,26,27). The maximum Gasteiger partial charge on any atom is 0.245 e. The second-order valence-corrected chi connectivity index (χ2v) is 10.3. The van der Waals surface area contributed by atoms with Gasteiger partial charge in [0.25, 0.3) is 0 Å². The Morgan fingerprint density at radius 3 is 2.31 bits per heavy atom. The first-order valence-corrected chi connectivity index (χ1v) is 11.5. The van der Waals surface area contributed by atoms with Crippen LogP contribution in [0.4, 0.5) is 5.13 Å². The topological polar surface area (TPSA) is 71.1 Å². The molecule has 4 bridgehead atoms. The van der Waals surface area contributed by atoms with E-state index in [-0.39, 0.29) is 23.8 Å². The van der Waals surface area contributed by atoms with Crippen LogP contribution in [0.5, 0.6) is 0 Å². The monoisotopic (exact) mass is 429 g/mol. The molecule has 0 radical (unpaired) electrons. The fourth-order valence-electron chi connectivity index (χ4n) is 5.98. The summed E-state index contributed by atoms with van der Waals surface area (Å²) in [6, 6.07) is 7.42. The molecule has 4 aliphatic carbocycles. The van der Waals surface area contributed by atoms with Crippen molar-refractivity contribution in [1.82, 2.24) is 10.3 Å². The Balaban J connectivity index is 1.17. The molecule has 1 aromatic heterocycles. The highest BCUT2D eigenvalue weighted by Gasteiger charge is 2.54. The van der Waals surface area contributed by atoms with Crippen LogP contribution in [-0.2, 0) is 9.59 Å². The zero-order chi connectivity index (χ0) is 20.0. The van der Waals surface area contributed by atoms with Crippen molar-refractivity contribution in [3.05, 3.63) is 34.7 Å². The molecule has 1 aromatic carbocycles. The molecule has 152 valence electrons. The Morgan fingerprint density at radius 1 is 1.07 bits per heavy atom. The van der Waals surface area contributed by atoms with E-state index in [4.69, 9.17) is 11.6 Å².